The van der Waals surface area contributed by atoms with Crippen LogP contribution in [0.25, 0.3) is 21.9 Å². The zero-order valence-electron chi connectivity index (χ0n) is 40.2. The Morgan fingerprint density at radius 2 is 0.986 bits per heavy atom. The Morgan fingerprint density at radius 3 is 1.44 bits per heavy atom. The van der Waals surface area contributed by atoms with Crippen LogP contribution >= 0.6 is 0 Å². The normalized spacial score (nSPS) is 27.6. The molecular weight excluding hydrogens is 925 g/mol. The number of aryl methyl sites for hydroxylation is 2. The van der Waals surface area contributed by atoms with Crippen LogP contribution in [-0.4, -0.2) is 92.0 Å². The van der Waals surface area contributed by atoms with Gasteiger partial charge in [-0.1, -0.05) is 74.5 Å². The van der Waals surface area contributed by atoms with Crippen LogP contribution in [0.5, 0.6) is 23.0 Å². The van der Waals surface area contributed by atoms with Crippen molar-refractivity contribution < 1.29 is 75.6 Å². The van der Waals surface area contributed by atoms with Crippen LogP contribution in [0.4, 0.5) is 9.59 Å². The zero-order valence-corrected chi connectivity index (χ0v) is 40.2. The van der Waals surface area contributed by atoms with E-state index in [9.17, 15) is 24.3 Å². The molecule has 0 bridgehead atoms. The number of carbonyl (C=O) groups excluding carboxylic acids is 2. The van der Waals surface area contributed by atoms with Crippen molar-refractivity contribution in [2.45, 2.75) is 121 Å². The average molecular weight is 979 g/mol. The van der Waals surface area contributed by atoms with Gasteiger partial charge in [-0.25, -0.2) is 19.2 Å². The molecular formula is C53H54O18. The van der Waals surface area contributed by atoms with E-state index < -0.39 is 90.1 Å². The first-order valence-corrected chi connectivity index (χ1v) is 23.2. The highest BCUT2D eigenvalue weighted by Gasteiger charge is 2.61. The fourth-order valence-corrected chi connectivity index (χ4v) is 9.62. The summed E-state index contributed by atoms with van der Waals surface area (Å²) in [5.41, 5.74) is 0.606. The third-order valence-corrected chi connectivity index (χ3v) is 13.7. The highest BCUT2D eigenvalue weighted by Crippen LogP contribution is 2.44. The van der Waals surface area contributed by atoms with Crippen LogP contribution in [0.3, 0.4) is 0 Å². The fraction of sp³-hybridized carbons (Fsp3) is 0.396. The summed E-state index contributed by atoms with van der Waals surface area (Å²) >= 11 is 0. The van der Waals surface area contributed by atoms with Gasteiger partial charge in [0.2, 0.25) is 24.8 Å². The SMILES string of the molecule is CC[C@]1(C)OC(Oc2ccc3c(O)cc(=O)oc3c2C)[C@@H]2OC(=O)O[C@@H]2[C@H]1OC.CC[C@]1(C)OC(Oc2ccc3c(OC(c4ccccc4)c4ccccc4)cc(=O)oc3c2C)[C@@H]2OC(=O)O[C@@H]2[C@H]1OC. The van der Waals surface area contributed by atoms with E-state index in [4.69, 9.17) is 60.9 Å². The van der Waals surface area contributed by atoms with E-state index in [2.05, 4.69) is 0 Å². The molecule has 0 amide bonds. The summed E-state index contributed by atoms with van der Waals surface area (Å²) in [4.78, 5) is 48.3. The van der Waals surface area contributed by atoms with Crippen molar-refractivity contribution in [2.75, 3.05) is 14.2 Å². The molecule has 6 aromatic rings. The molecule has 4 aliphatic heterocycles. The van der Waals surface area contributed by atoms with Crippen molar-refractivity contribution in [1.29, 1.82) is 0 Å². The van der Waals surface area contributed by atoms with Crippen LogP contribution in [-0.2, 0) is 37.9 Å². The van der Waals surface area contributed by atoms with Crippen LogP contribution < -0.4 is 25.5 Å². The molecule has 374 valence electrons. The molecule has 4 fully saturated rings. The Morgan fingerprint density at radius 1 is 0.563 bits per heavy atom. The smallest absolute Gasteiger partial charge is 0.507 e. The van der Waals surface area contributed by atoms with Crippen LogP contribution in [0.15, 0.2) is 115 Å². The molecule has 4 saturated heterocycles. The van der Waals surface area contributed by atoms with E-state index in [-0.39, 0.29) is 11.3 Å². The Bertz CT molecular complexity index is 3010. The molecule has 4 aromatic carbocycles. The third kappa shape index (κ3) is 9.23. The first-order valence-electron chi connectivity index (χ1n) is 23.2. The largest absolute Gasteiger partial charge is 0.509 e. The Balaban J connectivity index is 0.000000188. The van der Waals surface area contributed by atoms with Gasteiger partial charge < -0.3 is 66.0 Å². The number of hydrogen-bond acceptors (Lipinski definition) is 18. The number of rotatable bonds is 12. The molecule has 18 heteroatoms. The first-order chi connectivity index (χ1) is 34.1. The van der Waals surface area contributed by atoms with Gasteiger partial charge >= 0.3 is 23.6 Å². The van der Waals surface area contributed by atoms with Crippen molar-refractivity contribution in [3.05, 3.63) is 140 Å². The van der Waals surface area contributed by atoms with Gasteiger partial charge in [-0.05, 0) is 75.9 Å². The van der Waals surface area contributed by atoms with Crippen molar-refractivity contribution in [3.63, 3.8) is 0 Å². The lowest BCUT2D eigenvalue weighted by atomic mass is 9.86. The van der Waals surface area contributed by atoms with Gasteiger partial charge in [0.25, 0.3) is 0 Å². The summed E-state index contributed by atoms with van der Waals surface area (Å²) in [5.74, 6) is 0.945. The van der Waals surface area contributed by atoms with Gasteiger partial charge in [-0.15, -0.1) is 0 Å². The number of hydrogen-bond donors (Lipinski definition) is 1. The molecule has 1 N–H and O–H groups in total. The van der Waals surface area contributed by atoms with Crippen LogP contribution in [0.1, 0.15) is 68.9 Å². The molecule has 10 rings (SSSR count). The standard InChI is InChI=1S/C33H32O9.C20H22O9/c1-5-33(3)30(36-4)28-29(41-32(35)40-28)31(42-33)38-23-17-16-22-24(18-25(34)39-26(22)19(23)2)37-27(20-12-8-6-9-13-20)21-14-10-7-11-15-21;1-5-20(3)17(24-4)15-16(28-19(23)27-15)18(29-20)25-12-7-6-10-11(21)8-13(22)26-14(10)9(12)2/h6-18,27-31H,5H2,1-4H3;6-8,15-18,21H,5H2,1-4H3/t28-,29+,30+,31?,33-;15-,16+,17+,18?,20-/m00/s1. The maximum absolute atomic E-state index is 12.8. The predicted octanol–water partition coefficient (Wildman–Crippen LogP) is 8.72. The highest BCUT2D eigenvalue weighted by molar-refractivity contribution is 5.88. The van der Waals surface area contributed by atoms with Crippen LogP contribution in [0, 0.1) is 13.8 Å². The van der Waals surface area contributed by atoms with Crippen LogP contribution in [0.2, 0.25) is 0 Å². The lowest BCUT2D eigenvalue weighted by Crippen LogP contribution is -2.63. The maximum atomic E-state index is 12.8. The lowest BCUT2D eigenvalue weighted by Gasteiger charge is -2.46. The summed E-state index contributed by atoms with van der Waals surface area (Å²) in [6.45, 7) is 11.1. The number of carbonyl (C=O) groups is 2. The summed E-state index contributed by atoms with van der Waals surface area (Å²) in [5, 5.41) is 11.0. The zero-order chi connectivity index (χ0) is 50.4. The first kappa shape index (κ1) is 48.9. The van der Waals surface area contributed by atoms with Gasteiger partial charge in [-0.2, -0.15) is 0 Å². The minimum Gasteiger partial charge on any atom is -0.507 e. The highest BCUT2D eigenvalue weighted by atomic mass is 16.8. The average Bonchev–Trinajstić information content (AvgIpc) is 3.95. The number of methoxy groups -OCH3 is 2. The molecule has 0 aliphatic carbocycles. The van der Waals surface area contributed by atoms with E-state index in [1.54, 1.807) is 45.2 Å². The second kappa shape index (κ2) is 19.6. The van der Waals surface area contributed by atoms with E-state index in [0.717, 1.165) is 17.2 Å². The molecule has 0 saturated carbocycles. The summed E-state index contributed by atoms with van der Waals surface area (Å²) in [7, 11) is 3.07. The quantitative estimate of drug-likeness (QED) is 0.0895. The minimum atomic E-state index is -0.986. The molecule has 0 radical (unpaired) electrons. The fourth-order valence-electron chi connectivity index (χ4n) is 9.62. The van der Waals surface area contributed by atoms with Gasteiger partial charge in [0.1, 0.15) is 52.5 Å². The van der Waals surface area contributed by atoms with Gasteiger partial charge in [0.15, 0.2) is 12.2 Å². The Labute approximate surface area is 407 Å². The molecule has 2 aromatic heterocycles. The van der Waals surface area contributed by atoms with Crippen molar-refractivity contribution in [1.82, 2.24) is 0 Å². The molecule has 10 atom stereocenters. The molecule has 2 unspecified atom stereocenters. The maximum Gasteiger partial charge on any atom is 0.509 e. The van der Waals surface area contributed by atoms with E-state index in [0.29, 0.717) is 57.6 Å². The lowest BCUT2D eigenvalue weighted by molar-refractivity contribution is -0.289. The van der Waals surface area contributed by atoms with E-state index >= 15 is 0 Å². The van der Waals surface area contributed by atoms with Gasteiger partial charge in [0.05, 0.1) is 34.1 Å². The molecule has 0 spiro atoms. The van der Waals surface area contributed by atoms with Crippen molar-refractivity contribution >= 4 is 34.2 Å². The predicted molar refractivity (Wildman–Crippen MR) is 252 cm³/mol. The monoisotopic (exact) mass is 978 g/mol. The van der Waals surface area contributed by atoms with Gasteiger partial charge in [-0.3, -0.25) is 0 Å². The van der Waals surface area contributed by atoms with E-state index in [1.165, 1.54) is 13.2 Å². The van der Waals surface area contributed by atoms with Crippen molar-refractivity contribution in [2.24, 2.45) is 0 Å². The Kier molecular flexibility index (Phi) is 13.5. The Hall–Kier alpha value is -7.12. The number of fused-ring (bicyclic) bond motifs is 4. The molecule has 18 nitrogen and oxygen atoms in total. The number of benzene rings is 4. The van der Waals surface area contributed by atoms with Gasteiger partial charge in [0, 0.05) is 25.3 Å². The topological polar surface area (TPSA) is 216 Å². The minimum absolute atomic E-state index is 0.181. The van der Waals surface area contributed by atoms with Crippen molar-refractivity contribution in [3.8, 4) is 23.0 Å². The number of ether oxygens (including phenoxy) is 11. The summed E-state index contributed by atoms with van der Waals surface area (Å²) in [6, 6.07) is 28.7. The number of aromatic hydroxyl groups is 1. The second-order valence-electron chi connectivity index (χ2n) is 18.0. The summed E-state index contributed by atoms with van der Waals surface area (Å²) in [6.07, 6.45) is -7.06. The third-order valence-electron chi connectivity index (χ3n) is 13.7. The summed E-state index contributed by atoms with van der Waals surface area (Å²) < 4.78 is 75.0. The molecule has 71 heavy (non-hydrogen) atoms. The van der Waals surface area contributed by atoms with E-state index in [1.807, 2.05) is 88.4 Å². The second-order valence-corrected chi connectivity index (χ2v) is 18.0. The molecule has 6 heterocycles. The molecule has 4 aliphatic rings.